The Labute approximate surface area is 239 Å². The molecule has 0 aliphatic carbocycles. The van der Waals surface area contributed by atoms with Gasteiger partial charge in [-0.15, -0.1) is 0 Å². The molecule has 2 amide bonds. The monoisotopic (exact) mass is 613 g/mol. The van der Waals surface area contributed by atoms with Gasteiger partial charge in [0.15, 0.2) is 0 Å². The van der Waals surface area contributed by atoms with Crippen LogP contribution in [-0.2, 0) is 25.7 Å². The van der Waals surface area contributed by atoms with Crippen LogP contribution in [0.4, 0.5) is 24.5 Å². The highest BCUT2D eigenvalue weighted by Gasteiger charge is 2.35. The molecule has 1 aromatic heterocycles. The fourth-order valence-electron chi connectivity index (χ4n) is 4.62. The van der Waals surface area contributed by atoms with Crippen LogP contribution in [0, 0.1) is 0 Å². The van der Waals surface area contributed by atoms with Crippen LogP contribution in [0.15, 0.2) is 48.5 Å². The molecule has 0 bridgehead atoms. The molecule has 2 atom stereocenters. The highest BCUT2D eigenvalue weighted by Crippen LogP contribution is 2.35. The van der Waals surface area contributed by atoms with Crippen molar-refractivity contribution in [3.05, 3.63) is 64.8 Å². The summed E-state index contributed by atoms with van der Waals surface area (Å²) in [6.07, 6.45) is -3.46. The minimum Gasteiger partial charge on any atom is -0.380 e. The number of methoxy groups -OCH3 is 1. The van der Waals surface area contributed by atoms with E-state index in [2.05, 4.69) is 20.3 Å². The number of nitrogens with zero attached hydrogens (tertiary/aromatic N) is 2. The number of benzene rings is 2. The lowest BCUT2D eigenvalue weighted by Gasteiger charge is -2.39. The minimum absolute atomic E-state index is 0.0855. The summed E-state index contributed by atoms with van der Waals surface area (Å²) in [5.74, 6) is -0.886. The van der Waals surface area contributed by atoms with E-state index >= 15 is 0 Å². The van der Waals surface area contributed by atoms with Gasteiger partial charge < -0.3 is 20.3 Å². The van der Waals surface area contributed by atoms with Crippen molar-refractivity contribution in [2.45, 2.75) is 24.7 Å². The highest BCUT2D eigenvalue weighted by molar-refractivity contribution is 7.92. The predicted molar refractivity (Wildman–Crippen MR) is 148 cm³/mol. The zero-order valence-corrected chi connectivity index (χ0v) is 23.5. The van der Waals surface area contributed by atoms with E-state index in [1.54, 1.807) is 0 Å². The first kappa shape index (κ1) is 30.3. The van der Waals surface area contributed by atoms with Crippen LogP contribution < -0.4 is 15.4 Å². The van der Waals surface area contributed by atoms with Crippen molar-refractivity contribution in [1.82, 2.24) is 15.2 Å². The normalized spacial score (nSPS) is 17.8. The second-order valence-electron chi connectivity index (χ2n) is 9.65. The van der Waals surface area contributed by atoms with Gasteiger partial charge in [-0.1, -0.05) is 17.7 Å². The number of carbonyl (C=O) groups excluding carboxylic acids is 2. The number of alkyl halides is 3. The maximum Gasteiger partial charge on any atom is 0.433 e. The first-order chi connectivity index (χ1) is 19.2. The van der Waals surface area contributed by atoms with Gasteiger partial charge in [0.1, 0.15) is 12.3 Å². The molecule has 1 fully saturated rings. The molecular weight excluding hydrogens is 587 g/mol. The summed E-state index contributed by atoms with van der Waals surface area (Å²) >= 11 is 6.12. The lowest BCUT2D eigenvalue weighted by Crippen LogP contribution is -2.56. The Morgan fingerprint density at radius 2 is 1.85 bits per heavy atom. The van der Waals surface area contributed by atoms with Crippen molar-refractivity contribution < 1.29 is 35.9 Å². The molecule has 10 nitrogen and oxygen atoms in total. The standard InChI is InChI=1S/C26H27ClF3N5O5S/c1-40-14-24(36)35-12-18(31-22-11-23(26(28,29)30)33-21-7-6-16(27)9-20(21)22)10-19(13-35)32-25(37)15-4-3-5-17(8-15)34-41(2,38)39/h3-9,11,18-19,34H,10,12-14H2,1-2H3,(H,31,33)(H,32,37)/t18-,19+/m1/s1. The van der Waals surface area contributed by atoms with E-state index in [1.165, 1.54) is 54.5 Å². The van der Waals surface area contributed by atoms with E-state index in [0.717, 1.165) is 12.3 Å². The Morgan fingerprint density at radius 1 is 1.12 bits per heavy atom. The number of likely N-dealkylation sites (tertiary alicyclic amines) is 1. The number of rotatable bonds is 8. The van der Waals surface area contributed by atoms with Gasteiger partial charge in [0, 0.05) is 59.6 Å². The average molecular weight is 614 g/mol. The van der Waals surface area contributed by atoms with Crippen molar-refractivity contribution in [2.24, 2.45) is 0 Å². The average Bonchev–Trinajstić information content (AvgIpc) is 2.87. The van der Waals surface area contributed by atoms with Crippen molar-refractivity contribution in [3.8, 4) is 0 Å². The Bertz CT molecular complexity index is 1570. The van der Waals surface area contributed by atoms with E-state index in [9.17, 15) is 31.2 Å². The van der Waals surface area contributed by atoms with E-state index in [-0.39, 0.29) is 54.5 Å². The van der Waals surface area contributed by atoms with Crippen molar-refractivity contribution in [1.29, 1.82) is 0 Å². The molecule has 0 unspecified atom stereocenters. The molecular formula is C26H27ClF3N5O5S. The van der Waals surface area contributed by atoms with Gasteiger partial charge in [0.2, 0.25) is 15.9 Å². The molecule has 0 radical (unpaired) electrons. The number of piperidine rings is 1. The molecule has 1 aliphatic rings. The van der Waals surface area contributed by atoms with Crippen molar-refractivity contribution >= 4 is 55.7 Å². The largest absolute Gasteiger partial charge is 0.433 e. The number of sulfonamides is 1. The molecule has 3 N–H and O–H groups in total. The molecule has 3 aromatic rings. The van der Waals surface area contributed by atoms with Crippen LogP contribution in [0.1, 0.15) is 22.5 Å². The van der Waals surface area contributed by atoms with Crippen LogP contribution >= 0.6 is 11.6 Å². The van der Waals surface area contributed by atoms with Crippen LogP contribution in [0.25, 0.3) is 10.9 Å². The zero-order valence-electron chi connectivity index (χ0n) is 22.0. The van der Waals surface area contributed by atoms with Gasteiger partial charge in [-0.05, 0) is 48.9 Å². The van der Waals surface area contributed by atoms with E-state index in [1.807, 2.05) is 0 Å². The Morgan fingerprint density at radius 3 is 2.54 bits per heavy atom. The topological polar surface area (TPSA) is 130 Å². The number of nitrogens with one attached hydrogen (secondary N) is 3. The third-order valence-corrected chi connectivity index (χ3v) is 7.10. The first-order valence-corrected chi connectivity index (χ1v) is 14.6. The van der Waals surface area contributed by atoms with E-state index in [0.29, 0.717) is 10.4 Å². The molecule has 220 valence electrons. The van der Waals surface area contributed by atoms with E-state index in [4.69, 9.17) is 16.3 Å². The Kier molecular flexibility index (Phi) is 8.94. The third-order valence-electron chi connectivity index (χ3n) is 6.26. The van der Waals surface area contributed by atoms with Crippen molar-refractivity contribution in [3.63, 3.8) is 0 Å². The van der Waals surface area contributed by atoms with Gasteiger partial charge >= 0.3 is 6.18 Å². The first-order valence-electron chi connectivity index (χ1n) is 12.3. The zero-order chi connectivity index (χ0) is 29.9. The molecule has 1 aliphatic heterocycles. The fourth-order valence-corrected chi connectivity index (χ4v) is 5.34. The van der Waals surface area contributed by atoms with Gasteiger partial charge in [-0.25, -0.2) is 13.4 Å². The third kappa shape index (κ3) is 7.99. The number of hydrogen-bond donors (Lipinski definition) is 3. The van der Waals surface area contributed by atoms with Gasteiger partial charge in [0.25, 0.3) is 5.91 Å². The number of anilines is 2. The number of carbonyl (C=O) groups is 2. The predicted octanol–water partition coefficient (Wildman–Crippen LogP) is 3.74. The Hall–Kier alpha value is -3.62. The summed E-state index contributed by atoms with van der Waals surface area (Å²) in [4.78, 5) is 31.0. The van der Waals surface area contributed by atoms with Gasteiger partial charge in [-0.2, -0.15) is 13.2 Å². The second-order valence-corrected chi connectivity index (χ2v) is 11.8. The molecule has 2 aromatic carbocycles. The molecule has 15 heteroatoms. The Balaban J connectivity index is 1.61. The fraction of sp³-hybridized carbons (Fsp3) is 0.346. The smallest absolute Gasteiger partial charge is 0.380 e. The molecule has 4 rings (SSSR count). The van der Waals surface area contributed by atoms with Gasteiger partial charge in [0.05, 0.1) is 11.8 Å². The molecule has 2 heterocycles. The van der Waals surface area contributed by atoms with Gasteiger partial charge in [-0.3, -0.25) is 14.3 Å². The van der Waals surface area contributed by atoms with Crippen molar-refractivity contribution in [2.75, 3.05) is 43.1 Å². The number of fused-ring (bicyclic) bond motifs is 1. The second kappa shape index (κ2) is 12.1. The number of halogens is 4. The lowest BCUT2D eigenvalue weighted by atomic mass is 9.99. The molecule has 1 saturated heterocycles. The minimum atomic E-state index is -4.70. The quantitative estimate of drug-likeness (QED) is 0.353. The van der Waals surface area contributed by atoms with Crippen LogP contribution in [0.5, 0.6) is 0 Å². The number of amides is 2. The summed E-state index contributed by atoms with van der Waals surface area (Å²) in [6.45, 7) is 0.0385. The highest BCUT2D eigenvalue weighted by atomic mass is 35.5. The number of aromatic nitrogens is 1. The summed E-state index contributed by atoms with van der Waals surface area (Å²) in [5, 5.41) is 6.62. The molecule has 41 heavy (non-hydrogen) atoms. The maximum absolute atomic E-state index is 13.6. The number of ether oxygens (including phenoxy) is 1. The summed E-state index contributed by atoms with van der Waals surface area (Å²) < 4.78 is 71.3. The maximum atomic E-state index is 13.6. The number of hydrogen-bond acceptors (Lipinski definition) is 7. The summed E-state index contributed by atoms with van der Waals surface area (Å²) in [7, 11) is -2.21. The lowest BCUT2D eigenvalue weighted by molar-refractivity contribution is -0.141. The van der Waals surface area contributed by atoms with Crippen LogP contribution in [0.3, 0.4) is 0 Å². The van der Waals surface area contributed by atoms with E-state index < -0.39 is 39.9 Å². The van der Waals surface area contributed by atoms with Crippen LogP contribution in [0.2, 0.25) is 5.02 Å². The summed E-state index contributed by atoms with van der Waals surface area (Å²) in [5.41, 5.74) is -0.509. The number of pyridine rings is 1. The SMILES string of the molecule is COCC(=O)N1C[C@@H](NC(=O)c2cccc(NS(C)(=O)=O)c2)C[C@@H](Nc2cc(C(F)(F)F)nc3ccc(Cl)cc23)C1. The molecule has 0 saturated carbocycles. The molecule has 0 spiro atoms. The summed E-state index contributed by atoms with van der Waals surface area (Å²) in [6, 6.07) is 9.93. The van der Waals surface area contributed by atoms with Crippen LogP contribution in [-0.4, -0.2) is 75.3 Å².